The van der Waals surface area contributed by atoms with Crippen LogP contribution in [-0.2, 0) is 0 Å². The van der Waals surface area contributed by atoms with E-state index in [4.69, 9.17) is 17.3 Å². The maximum Gasteiger partial charge on any atom is 0.146 e. The third-order valence-corrected chi connectivity index (χ3v) is 3.50. The molecule has 0 bridgehead atoms. The summed E-state index contributed by atoms with van der Waals surface area (Å²) in [6.45, 7) is 2.24. The first-order valence-corrected chi connectivity index (χ1v) is 6.84. The molecule has 1 rings (SSSR count). The summed E-state index contributed by atoms with van der Waals surface area (Å²) < 4.78 is 14.0. The Morgan fingerprint density at radius 2 is 1.95 bits per heavy atom. The Bertz CT molecular complexity index is 398. The Labute approximate surface area is 120 Å². The fraction of sp³-hybridized carbons (Fsp3) is 0.571. The van der Waals surface area contributed by atoms with Crippen molar-refractivity contribution in [2.45, 2.75) is 12.5 Å². The summed E-state index contributed by atoms with van der Waals surface area (Å²) in [7, 11) is 6.04. The lowest BCUT2D eigenvalue weighted by molar-refractivity contribution is 0.231. The molecule has 1 aromatic rings. The first-order valence-electron chi connectivity index (χ1n) is 6.46. The van der Waals surface area contributed by atoms with Gasteiger partial charge >= 0.3 is 0 Å². The van der Waals surface area contributed by atoms with Crippen molar-refractivity contribution in [2.75, 3.05) is 40.8 Å². The van der Waals surface area contributed by atoms with Crippen molar-refractivity contribution in [3.05, 3.63) is 34.6 Å². The van der Waals surface area contributed by atoms with Gasteiger partial charge in [0.1, 0.15) is 5.82 Å². The van der Waals surface area contributed by atoms with E-state index in [1.54, 1.807) is 18.2 Å². The summed E-state index contributed by atoms with van der Waals surface area (Å²) >= 11 is 5.82. The van der Waals surface area contributed by atoms with E-state index in [0.717, 1.165) is 19.5 Å². The van der Waals surface area contributed by atoms with Crippen LogP contribution in [0.25, 0.3) is 0 Å². The molecule has 0 saturated heterocycles. The minimum absolute atomic E-state index is 0.138. The second kappa shape index (κ2) is 7.80. The van der Waals surface area contributed by atoms with Crippen molar-refractivity contribution in [3.63, 3.8) is 0 Å². The van der Waals surface area contributed by atoms with Gasteiger partial charge in [0.2, 0.25) is 0 Å². The molecule has 0 aliphatic rings. The van der Waals surface area contributed by atoms with E-state index in [1.807, 2.05) is 21.1 Å². The van der Waals surface area contributed by atoms with Crippen LogP contribution in [0.15, 0.2) is 18.2 Å². The van der Waals surface area contributed by atoms with Gasteiger partial charge in [-0.2, -0.15) is 0 Å². The summed E-state index contributed by atoms with van der Waals surface area (Å²) in [6, 6.07) is 4.93. The van der Waals surface area contributed by atoms with Gasteiger partial charge in [0, 0.05) is 18.2 Å². The zero-order valence-corrected chi connectivity index (χ0v) is 12.6. The highest BCUT2D eigenvalue weighted by atomic mass is 35.5. The Morgan fingerprint density at radius 1 is 1.26 bits per heavy atom. The molecule has 1 unspecified atom stereocenters. The number of nitrogens with zero attached hydrogens (tertiary/aromatic N) is 2. The van der Waals surface area contributed by atoms with Gasteiger partial charge in [0.15, 0.2) is 0 Å². The topological polar surface area (TPSA) is 32.5 Å². The normalized spacial score (nSPS) is 13.3. The van der Waals surface area contributed by atoms with Crippen molar-refractivity contribution < 1.29 is 4.39 Å². The molecule has 0 fully saturated rings. The van der Waals surface area contributed by atoms with Crippen LogP contribution in [0.5, 0.6) is 0 Å². The highest BCUT2D eigenvalue weighted by molar-refractivity contribution is 6.30. The van der Waals surface area contributed by atoms with Crippen LogP contribution in [0.2, 0.25) is 5.02 Å². The third-order valence-electron chi connectivity index (χ3n) is 3.21. The summed E-state index contributed by atoms with van der Waals surface area (Å²) in [5, 5.41) is 0.151. The Kier molecular flexibility index (Phi) is 6.72. The van der Waals surface area contributed by atoms with Gasteiger partial charge < -0.3 is 10.6 Å². The van der Waals surface area contributed by atoms with Crippen molar-refractivity contribution >= 4 is 11.6 Å². The van der Waals surface area contributed by atoms with Gasteiger partial charge in [0.25, 0.3) is 0 Å². The average Bonchev–Trinajstić information content (AvgIpc) is 2.35. The molecule has 1 aromatic carbocycles. The van der Waals surface area contributed by atoms with E-state index >= 15 is 0 Å². The lowest BCUT2D eigenvalue weighted by atomic mass is 10.0. The van der Waals surface area contributed by atoms with Gasteiger partial charge in [-0.05, 0) is 46.7 Å². The van der Waals surface area contributed by atoms with Gasteiger partial charge in [-0.15, -0.1) is 0 Å². The molecular weight excluding hydrogens is 265 g/mol. The number of hydrogen-bond acceptors (Lipinski definition) is 3. The highest BCUT2D eigenvalue weighted by Crippen LogP contribution is 2.26. The SMILES string of the molecule is CN(C)CCCN(C)C(CN)c1cccc(Cl)c1F. The smallest absolute Gasteiger partial charge is 0.146 e. The molecule has 0 heterocycles. The van der Waals surface area contributed by atoms with E-state index in [2.05, 4.69) is 9.80 Å². The molecule has 3 nitrogen and oxygen atoms in total. The van der Waals surface area contributed by atoms with Crippen molar-refractivity contribution in [1.29, 1.82) is 0 Å². The fourth-order valence-corrected chi connectivity index (χ4v) is 2.30. The zero-order chi connectivity index (χ0) is 14.4. The molecule has 108 valence electrons. The summed E-state index contributed by atoms with van der Waals surface area (Å²) in [6.07, 6.45) is 1.02. The molecule has 0 aliphatic heterocycles. The number of halogens is 2. The minimum Gasteiger partial charge on any atom is -0.329 e. The predicted molar refractivity (Wildman–Crippen MR) is 79.0 cm³/mol. The Hall–Kier alpha value is -0.680. The third kappa shape index (κ3) is 4.73. The Morgan fingerprint density at radius 3 is 2.53 bits per heavy atom. The number of hydrogen-bond donors (Lipinski definition) is 1. The lowest BCUT2D eigenvalue weighted by Gasteiger charge is -2.28. The molecule has 0 aliphatic carbocycles. The zero-order valence-electron chi connectivity index (χ0n) is 11.9. The first kappa shape index (κ1) is 16.4. The van der Waals surface area contributed by atoms with Crippen molar-refractivity contribution in [2.24, 2.45) is 5.73 Å². The fourth-order valence-electron chi connectivity index (χ4n) is 2.11. The number of benzene rings is 1. The maximum atomic E-state index is 14.0. The van der Waals surface area contributed by atoms with Crippen LogP contribution in [0.1, 0.15) is 18.0 Å². The van der Waals surface area contributed by atoms with Crippen LogP contribution in [-0.4, -0.2) is 50.6 Å². The monoisotopic (exact) mass is 287 g/mol. The largest absolute Gasteiger partial charge is 0.329 e. The molecule has 5 heteroatoms. The van der Waals surface area contributed by atoms with Crippen LogP contribution < -0.4 is 5.73 Å². The molecule has 0 saturated carbocycles. The number of likely N-dealkylation sites (N-methyl/N-ethyl adjacent to an activating group) is 1. The second-order valence-electron chi connectivity index (χ2n) is 5.03. The Balaban J connectivity index is 2.73. The molecule has 2 N–H and O–H groups in total. The maximum absolute atomic E-state index is 14.0. The van der Waals surface area contributed by atoms with E-state index in [-0.39, 0.29) is 16.9 Å². The first-order chi connectivity index (χ1) is 8.97. The highest BCUT2D eigenvalue weighted by Gasteiger charge is 2.20. The number of nitrogens with two attached hydrogens (primary N) is 1. The number of rotatable bonds is 7. The van der Waals surface area contributed by atoms with E-state index < -0.39 is 0 Å². The lowest BCUT2D eigenvalue weighted by Crippen LogP contribution is -2.33. The molecule has 1 atom stereocenters. The van der Waals surface area contributed by atoms with Gasteiger partial charge in [0.05, 0.1) is 5.02 Å². The quantitative estimate of drug-likeness (QED) is 0.836. The second-order valence-corrected chi connectivity index (χ2v) is 5.44. The summed E-state index contributed by atoms with van der Waals surface area (Å²) in [5.74, 6) is -0.362. The van der Waals surface area contributed by atoms with Crippen LogP contribution >= 0.6 is 11.6 Å². The molecule has 0 amide bonds. The summed E-state index contributed by atoms with van der Waals surface area (Å²) in [5.41, 5.74) is 6.37. The van der Waals surface area contributed by atoms with Crippen LogP contribution in [0.3, 0.4) is 0 Å². The molecular formula is C14H23ClFN3. The van der Waals surface area contributed by atoms with Crippen LogP contribution in [0, 0.1) is 5.82 Å². The molecule has 0 aromatic heterocycles. The van der Waals surface area contributed by atoms with Gasteiger partial charge in [-0.1, -0.05) is 23.7 Å². The van der Waals surface area contributed by atoms with Crippen molar-refractivity contribution in [3.8, 4) is 0 Å². The van der Waals surface area contributed by atoms with Crippen LogP contribution in [0.4, 0.5) is 4.39 Å². The minimum atomic E-state index is -0.362. The average molecular weight is 288 g/mol. The molecule has 19 heavy (non-hydrogen) atoms. The van der Waals surface area contributed by atoms with E-state index in [9.17, 15) is 4.39 Å². The van der Waals surface area contributed by atoms with E-state index in [1.165, 1.54) is 0 Å². The van der Waals surface area contributed by atoms with Crippen molar-refractivity contribution in [1.82, 2.24) is 9.80 Å². The van der Waals surface area contributed by atoms with Gasteiger partial charge in [-0.25, -0.2) is 4.39 Å². The molecule has 0 spiro atoms. The molecule has 0 radical (unpaired) electrons. The summed E-state index contributed by atoms with van der Waals surface area (Å²) in [4.78, 5) is 4.21. The predicted octanol–water partition coefficient (Wildman–Crippen LogP) is 2.36. The van der Waals surface area contributed by atoms with E-state index in [0.29, 0.717) is 12.1 Å². The van der Waals surface area contributed by atoms with Gasteiger partial charge in [-0.3, -0.25) is 4.90 Å². The standard InChI is InChI=1S/C14H23ClFN3/c1-18(2)8-5-9-19(3)13(10-17)11-6-4-7-12(15)14(11)16/h4,6-7,13H,5,8-10,17H2,1-3H3.